The van der Waals surface area contributed by atoms with Crippen molar-refractivity contribution >= 4 is 35.2 Å². The van der Waals surface area contributed by atoms with Crippen LogP contribution in [0, 0.1) is 0 Å². The Morgan fingerprint density at radius 1 is 1.12 bits per heavy atom. The molecule has 1 aromatic carbocycles. The molecule has 2 rings (SSSR count). The van der Waals surface area contributed by atoms with Gasteiger partial charge in [0.15, 0.2) is 0 Å². The standard InChI is InChI=1S/C17H23Cl2N3O3/c18-14-4-3-13(12-15(14)19)5-7-21-8-10-22(11-9-21)17(25)20-6-1-2-16(23)24/h3-4,12H,1-2,5-11H2,(H,20,25)(H,23,24). The van der Waals surface area contributed by atoms with Crippen molar-refractivity contribution in [2.45, 2.75) is 19.3 Å². The third-order valence-electron chi connectivity index (χ3n) is 4.20. The minimum Gasteiger partial charge on any atom is -0.481 e. The molecule has 1 aromatic rings. The molecule has 0 aliphatic carbocycles. The summed E-state index contributed by atoms with van der Waals surface area (Å²) < 4.78 is 0. The van der Waals surface area contributed by atoms with Gasteiger partial charge in [-0.05, 0) is 30.5 Å². The molecule has 2 amide bonds. The molecule has 1 aliphatic rings. The molecule has 8 heteroatoms. The van der Waals surface area contributed by atoms with Crippen LogP contribution in [0.1, 0.15) is 18.4 Å². The summed E-state index contributed by atoms with van der Waals surface area (Å²) >= 11 is 12.0. The van der Waals surface area contributed by atoms with Gasteiger partial charge in [-0.15, -0.1) is 0 Å². The summed E-state index contributed by atoms with van der Waals surface area (Å²) in [6.45, 7) is 4.29. The number of hydrogen-bond donors (Lipinski definition) is 2. The van der Waals surface area contributed by atoms with E-state index in [0.717, 1.165) is 31.6 Å². The van der Waals surface area contributed by atoms with Crippen molar-refractivity contribution in [1.82, 2.24) is 15.1 Å². The molecular weight excluding hydrogens is 365 g/mol. The fraction of sp³-hybridized carbons (Fsp3) is 0.529. The Labute approximate surface area is 157 Å². The first-order chi connectivity index (χ1) is 12.0. The van der Waals surface area contributed by atoms with Gasteiger partial charge in [-0.2, -0.15) is 0 Å². The first-order valence-electron chi connectivity index (χ1n) is 8.36. The lowest BCUT2D eigenvalue weighted by Gasteiger charge is -2.34. The van der Waals surface area contributed by atoms with Gasteiger partial charge in [0.2, 0.25) is 0 Å². The van der Waals surface area contributed by atoms with E-state index in [-0.39, 0.29) is 12.5 Å². The van der Waals surface area contributed by atoms with Crippen LogP contribution in [0.3, 0.4) is 0 Å². The summed E-state index contributed by atoms with van der Waals surface area (Å²) in [7, 11) is 0. The van der Waals surface area contributed by atoms with Crippen LogP contribution in [0.2, 0.25) is 10.0 Å². The highest BCUT2D eigenvalue weighted by Gasteiger charge is 2.20. The number of carboxylic acid groups (broad SMARTS) is 1. The lowest BCUT2D eigenvalue weighted by atomic mass is 10.1. The number of aliphatic carboxylic acids is 1. The average Bonchev–Trinajstić information content (AvgIpc) is 2.60. The first-order valence-corrected chi connectivity index (χ1v) is 9.12. The molecule has 0 atom stereocenters. The zero-order valence-electron chi connectivity index (χ0n) is 14.0. The van der Waals surface area contributed by atoms with Crippen molar-refractivity contribution in [3.05, 3.63) is 33.8 Å². The van der Waals surface area contributed by atoms with E-state index >= 15 is 0 Å². The fourth-order valence-corrected chi connectivity index (χ4v) is 3.02. The molecule has 1 fully saturated rings. The molecule has 0 radical (unpaired) electrons. The fourth-order valence-electron chi connectivity index (χ4n) is 2.70. The lowest BCUT2D eigenvalue weighted by molar-refractivity contribution is -0.137. The third-order valence-corrected chi connectivity index (χ3v) is 4.94. The van der Waals surface area contributed by atoms with Crippen LogP contribution in [-0.2, 0) is 11.2 Å². The molecule has 0 bridgehead atoms. The van der Waals surface area contributed by atoms with Crippen molar-refractivity contribution < 1.29 is 14.7 Å². The molecule has 0 unspecified atom stereocenters. The Kier molecular flexibility index (Phi) is 7.81. The maximum Gasteiger partial charge on any atom is 0.317 e. The van der Waals surface area contributed by atoms with Gasteiger partial charge in [-0.1, -0.05) is 29.3 Å². The van der Waals surface area contributed by atoms with Crippen molar-refractivity contribution in [1.29, 1.82) is 0 Å². The van der Waals surface area contributed by atoms with Crippen LogP contribution in [0.4, 0.5) is 4.79 Å². The van der Waals surface area contributed by atoms with E-state index in [1.807, 2.05) is 18.2 Å². The Balaban J connectivity index is 1.66. The molecule has 2 N–H and O–H groups in total. The molecule has 6 nitrogen and oxygen atoms in total. The summed E-state index contributed by atoms with van der Waals surface area (Å²) in [5, 5.41) is 12.5. The normalized spacial score (nSPS) is 15.2. The molecular formula is C17H23Cl2N3O3. The smallest absolute Gasteiger partial charge is 0.317 e. The monoisotopic (exact) mass is 387 g/mol. The highest BCUT2D eigenvalue weighted by molar-refractivity contribution is 6.42. The zero-order chi connectivity index (χ0) is 18.2. The average molecular weight is 388 g/mol. The largest absolute Gasteiger partial charge is 0.481 e. The van der Waals surface area contributed by atoms with Gasteiger partial charge in [0.05, 0.1) is 10.0 Å². The van der Waals surface area contributed by atoms with Crippen LogP contribution in [-0.4, -0.2) is 66.2 Å². The summed E-state index contributed by atoms with van der Waals surface area (Å²) in [6.07, 6.45) is 1.41. The number of hydrogen-bond acceptors (Lipinski definition) is 3. The number of carboxylic acids is 1. The van der Waals surface area contributed by atoms with E-state index in [9.17, 15) is 9.59 Å². The van der Waals surface area contributed by atoms with Crippen LogP contribution in [0.25, 0.3) is 0 Å². The highest BCUT2D eigenvalue weighted by Crippen LogP contribution is 2.22. The van der Waals surface area contributed by atoms with E-state index in [2.05, 4.69) is 10.2 Å². The van der Waals surface area contributed by atoms with Gasteiger partial charge in [-0.3, -0.25) is 9.69 Å². The van der Waals surface area contributed by atoms with Crippen LogP contribution < -0.4 is 5.32 Å². The molecule has 1 aliphatic heterocycles. The van der Waals surface area contributed by atoms with Gasteiger partial charge in [0.1, 0.15) is 0 Å². The topological polar surface area (TPSA) is 72.9 Å². The Bertz CT molecular complexity index is 605. The Hall–Kier alpha value is -1.50. The Morgan fingerprint density at radius 2 is 1.84 bits per heavy atom. The van der Waals surface area contributed by atoms with Crippen molar-refractivity contribution in [3.63, 3.8) is 0 Å². The number of benzene rings is 1. The SMILES string of the molecule is O=C(O)CCCNC(=O)N1CCN(CCc2ccc(Cl)c(Cl)c2)CC1. The second-order valence-corrected chi connectivity index (χ2v) is 6.87. The predicted octanol–water partition coefficient (Wildman–Crippen LogP) is 2.73. The number of amides is 2. The predicted molar refractivity (Wildman–Crippen MR) is 98.4 cm³/mol. The molecule has 138 valence electrons. The summed E-state index contributed by atoms with van der Waals surface area (Å²) in [4.78, 5) is 26.5. The van der Waals surface area contributed by atoms with Gasteiger partial charge >= 0.3 is 12.0 Å². The van der Waals surface area contributed by atoms with E-state index < -0.39 is 5.97 Å². The second-order valence-electron chi connectivity index (χ2n) is 6.06. The number of carbonyl (C=O) groups excluding carboxylic acids is 1. The quantitative estimate of drug-likeness (QED) is 0.705. The number of piperazine rings is 1. The van der Waals surface area contributed by atoms with Gasteiger partial charge in [0, 0.05) is 45.7 Å². The van der Waals surface area contributed by atoms with Crippen molar-refractivity contribution in [2.75, 3.05) is 39.3 Å². The number of nitrogens with one attached hydrogen (secondary N) is 1. The van der Waals surface area contributed by atoms with Gasteiger partial charge in [-0.25, -0.2) is 4.79 Å². The highest BCUT2D eigenvalue weighted by atomic mass is 35.5. The van der Waals surface area contributed by atoms with E-state index in [4.69, 9.17) is 28.3 Å². The maximum atomic E-state index is 12.0. The third kappa shape index (κ3) is 6.72. The van der Waals surface area contributed by atoms with Crippen LogP contribution >= 0.6 is 23.2 Å². The number of urea groups is 1. The van der Waals surface area contributed by atoms with Gasteiger partial charge < -0.3 is 15.3 Å². The summed E-state index contributed by atoms with van der Waals surface area (Å²) in [5.41, 5.74) is 1.15. The molecule has 0 spiro atoms. The number of halogens is 2. The lowest BCUT2D eigenvalue weighted by Crippen LogP contribution is -2.52. The number of carbonyl (C=O) groups is 2. The minimum atomic E-state index is -0.843. The van der Waals surface area contributed by atoms with Crippen molar-refractivity contribution in [2.24, 2.45) is 0 Å². The van der Waals surface area contributed by atoms with Crippen molar-refractivity contribution in [3.8, 4) is 0 Å². The minimum absolute atomic E-state index is 0.0722. The molecule has 0 saturated carbocycles. The molecule has 1 heterocycles. The number of rotatable bonds is 7. The number of nitrogens with zero attached hydrogens (tertiary/aromatic N) is 2. The van der Waals surface area contributed by atoms with E-state index in [0.29, 0.717) is 36.1 Å². The van der Waals surface area contributed by atoms with Crippen LogP contribution in [0.15, 0.2) is 18.2 Å². The Morgan fingerprint density at radius 3 is 2.48 bits per heavy atom. The van der Waals surface area contributed by atoms with E-state index in [1.54, 1.807) is 4.90 Å². The second kappa shape index (κ2) is 9.85. The summed E-state index contributed by atoms with van der Waals surface area (Å²) in [6, 6.07) is 5.57. The summed E-state index contributed by atoms with van der Waals surface area (Å²) in [5.74, 6) is -0.843. The first kappa shape index (κ1) is 19.8. The zero-order valence-corrected chi connectivity index (χ0v) is 15.5. The molecule has 0 aromatic heterocycles. The molecule has 1 saturated heterocycles. The molecule has 25 heavy (non-hydrogen) atoms. The van der Waals surface area contributed by atoms with E-state index in [1.165, 1.54) is 0 Å². The maximum absolute atomic E-state index is 12.0. The van der Waals surface area contributed by atoms with Gasteiger partial charge in [0.25, 0.3) is 0 Å². The van der Waals surface area contributed by atoms with Crippen LogP contribution in [0.5, 0.6) is 0 Å².